The molecule has 1 amide bonds. The van der Waals surface area contributed by atoms with Gasteiger partial charge in [0.05, 0.1) is 12.8 Å². The van der Waals surface area contributed by atoms with Crippen LogP contribution in [0.25, 0.3) is 11.3 Å². The van der Waals surface area contributed by atoms with Gasteiger partial charge in [0.2, 0.25) is 10.0 Å². The Kier molecular flexibility index (Phi) is 5.31. The number of aromatic nitrogens is 2. The Morgan fingerprint density at radius 2 is 2.03 bits per heavy atom. The molecule has 8 nitrogen and oxygen atoms in total. The fourth-order valence-electron chi connectivity index (χ4n) is 3.59. The summed E-state index contributed by atoms with van der Waals surface area (Å²) in [5, 5.41) is 7.02. The number of nitrogens with zero attached hydrogens (tertiary/aromatic N) is 2. The van der Waals surface area contributed by atoms with Crippen LogP contribution in [0.4, 0.5) is 5.69 Å². The summed E-state index contributed by atoms with van der Waals surface area (Å²) in [5.41, 5.74) is 3.42. The Morgan fingerprint density at radius 3 is 2.80 bits per heavy atom. The van der Waals surface area contributed by atoms with Crippen molar-refractivity contribution in [1.82, 2.24) is 14.9 Å². The number of carbonyl (C=O) groups is 1. The molecule has 1 aliphatic rings. The average molecular weight is 426 g/mol. The molecular weight excluding hydrogens is 404 g/mol. The van der Waals surface area contributed by atoms with E-state index < -0.39 is 10.0 Å². The first-order valence-electron chi connectivity index (χ1n) is 9.58. The second-order valence-electron chi connectivity index (χ2n) is 6.87. The molecule has 0 spiro atoms. The number of nitrogens with one attached hydrogen (secondary N) is 2. The third-order valence-electron chi connectivity index (χ3n) is 5.02. The molecule has 2 aromatic carbocycles. The van der Waals surface area contributed by atoms with E-state index in [4.69, 9.17) is 4.74 Å². The van der Waals surface area contributed by atoms with Crippen LogP contribution in [0.15, 0.2) is 53.4 Å². The molecule has 2 N–H and O–H groups in total. The lowest BCUT2D eigenvalue weighted by molar-refractivity contribution is 0.0984. The van der Waals surface area contributed by atoms with Crippen molar-refractivity contribution in [3.63, 3.8) is 0 Å². The number of rotatable bonds is 6. The van der Waals surface area contributed by atoms with Crippen molar-refractivity contribution in [3.05, 3.63) is 59.8 Å². The largest absolute Gasteiger partial charge is 0.495 e. The van der Waals surface area contributed by atoms with Gasteiger partial charge in [-0.2, -0.15) is 5.10 Å². The van der Waals surface area contributed by atoms with Crippen LogP contribution in [0.1, 0.15) is 23.0 Å². The average Bonchev–Trinajstić information content (AvgIpc) is 3.40. The van der Waals surface area contributed by atoms with E-state index in [1.807, 2.05) is 24.3 Å². The molecule has 30 heavy (non-hydrogen) atoms. The molecule has 0 aliphatic carbocycles. The van der Waals surface area contributed by atoms with Gasteiger partial charge in [-0.3, -0.25) is 9.89 Å². The Morgan fingerprint density at radius 1 is 1.23 bits per heavy atom. The van der Waals surface area contributed by atoms with Crippen molar-refractivity contribution >= 4 is 21.6 Å². The zero-order chi connectivity index (χ0) is 21.3. The number of amides is 1. The number of ether oxygens (including phenoxy) is 1. The monoisotopic (exact) mass is 426 g/mol. The fourth-order valence-corrected chi connectivity index (χ4v) is 4.82. The lowest BCUT2D eigenvalue weighted by Gasteiger charge is -2.15. The molecule has 3 aromatic rings. The van der Waals surface area contributed by atoms with Crippen LogP contribution in [-0.4, -0.2) is 44.7 Å². The van der Waals surface area contributed by atoms with Gasteiger partial charge in [0.1, 0.15) is 16.3 Å². The first-order chi connectivity index (χ1) is 14.4. The lowest BCUT2D eigenvalue weighted by Crippen LogP contribution is -2.29. The maximum Gasteiger partial charge on any atom is 0.276 e. The lowest BCUT2D eigenvalue weighted by atomic mass is 10.1. The number of aromatic amines is 1. The number of hydrogen-bond acceptors (Lipinski definition) is 5. The maximum absolute atomic E-state index is 13.0. The number of anilines is 1. The highest BCUT2D eigenvalue weighted by Crippen LogP contribution is 2.31. The fraction of sp³-hybridized carbons (Fsp3) is 0.238. The van der Waals surface area contributed by atoms with Crippen LogP contribution in [0.3, 0.4) is 0 Å². The maximum atomic E-state index is 13.0. The Hall–Kier alpha value is -3.17. The number of carbonyl (C=O) groups excluding carboxylic acids is 1. The van der Waals surface area contributed by atoms with E-state index >= 15 is 0 Å². The van der Waals surface area contributed by atoms with Gasteiger partial charge in [0, 0.05) is 24.3 Å². The van der Waals surface area contributed by atoms with Gasteiger partial charge in [0.15, 0.2) is 0 Å². The molecule has 0 bridgehead atoms. The van der Waals surface area contributed by atoms with Crippen molar-refractivity contribution in [3.8, 4) is 17.0 Å². The summed E-state index contributed by atoms with van der Waals surface area (Å²) < 4.78 is 32.7. The van der Waals surface area contributed by atoms with Gasteiger partial charge in [0.25, 0.3) is 5.91 Å². The van der Waals surface area contributed by atoms with E-state index in [0.717, 1.165) is 17.7 Å². The second kappa shape index (κ2) is 7.92. The van der Waals surface area contributed by atoms with E-state index in [1.165, 1.54) is 13.2 Å². The van der Waals surface area contributed by atoms with E-state index in [0.29, 0.717) is 23.5 Å². The van der Waals surface area contributed by atoms with Crippen molar-refractivity contribution in [1.29, 1.82) is 0 Å². The molecule has 9 heteroatoms. The second-order valence-corrected chi connectivity index (χ2v) is 8.60. The third-order valence-corrected chi connectivity index (χ3v) is 6.59. The number of fused-ring (bicyclic) bond motifs is 1. The zero-order valence-corrected chi connectivity index (χ0v) is 17.5. The van der Waals surface area contributed by atoms with Gasteiger partial charge >= 0.3 is 0 Å². The first-order valence-corrected chi connectivity index (χ1v) is 11.1. The van der Waals surface area contributed by atoms with E-state index in [9.17, 15) is 13.2 Å². The Labute approximate surface area is 174 Å². The van der Waals surface area contributed by atoms with E-state index in [-0.39, 0.29) is 23.1 Å². The standard InChI is InChI=1S/C21H22N4O4S/c1-3-22-30(27,28)20-12-15(8-9-19(20)29-2)16-13-17(24-23-16)21(26)25-11-10-14-6-4-5-7-18(14)25/h4-9,12-13,22H,3,10-11H2,1-2H3,(H,23,24). The molecular formula is C21H22N4O4S. The Balaban J connectivity index is 1.66. The predicted molar refractivity (Wildman–Crippen MR) is 113 cm³/mol. The quantitative estimate of drug-likeness (QED) is 0.630. The molecule has 1 aromatic heterocycles. The van der Waals surface area contributed by atoms with Gasteiger partial charge in [-0.25, -0.2) is 13.1 Å². The summed E-state index contributed by atoms with van der Waals surface area (Å²) in [6, 6.07) is 14.2. The summed E-state index contributed by atoms with van der Waals surface area (Å²) in [6.45, 7) is 2.57. The van der Waals surface area contributed by atoms with Gasteiger partial charge in [-0.15, -0.1) is 0 Å². The van der Waals surface area contributed by atoms with Crippen LogP contribution >= 0.6 is 0 Å². The molecule has 0 unspecified atom stereocenters. The van der Waals surface area contributed by atoms with Crippen molar-refractivity contribution in [2.24, 2.45) is 0 Å². The van der Waals surface area contributed by atoms with Gasteiger partial charge < -0.3 is 9.64 Å². The van der Waals surface area contributed by atoms with Gasteiger partial charge in [-0.1, -0.05) is 25.1 Å². The van der Waals surface area contributed by atoms with Crippen molar-refractivity contribution in [2.75, 3.05) is 25.1 Å². The normalized spacial score (nSPS) is 13.3. The topological polar surface area (TPSA) is 104 Å². The van der Waals surface area contributed by atoms with Crippen LogP contribution in [0.5, 0.6) is 5.75 Å². The number of benzene rings is 2. The predicted octanol–water partition coefficient (Wildman–Crippen LogP) is 2.59. The molecule has 156 valence electrons. The van der Waals surface area contributed by atoms with Crippen LogP contribution in [0, 0.1) is 0 Å². The number of H-pyrrole nitrogens is 1. The molecule has 0 radical (unpaired) electrons. The van der Waals surface area contributed by atoms with Crippen molar-refractivity contribution < 1.29 is 17.9 Å². The summed E-state index contributed by atoms with van der Waals surface area (Å²) in [4.78, 5) is 14.7. The van der Waals surface area contributed by atoms with Crippen LogP contribution < -0.4 is 14.4 Å². The van der Waals surface area contributed by atoms with E-state index in [2.05, 4.69) is 14.9 Å². The minimum Gasteiger partial charge on any atom is -0.495 e. The SMILES string of the molecule is CCNS(=O)(=O)c1cc(-c2cc(C(=O)N3CCc4ccccc43)[nH]n2)ccc1OC. The molecule has 0 atom stereocenters. The minimum absolute atomic E-state index is 0.0219. The summed E-state index contributed by atoms with van der Waals surface area (Å²) >= 11 is 0. The highest BCUT2D eigenvalue weighted by atomic mass is 32.2. The van der Waals surface area contributed by atoms with Gasteiger partial charge in [-0.05, 0) is 42.3 Å². The zero-order valence-electron chi connectivity index (χ0n) is 16.7. The molecule has 1 aliphatic heterocycles. The molecule has 0 fully saturated rings. The van der Waals surface area contributed by atoms with Crippen LogP contribution in [-0.2, 0) is 16.4 Å². The smallest absolute Gasteiger partial charge is 0.276 e. The minimum atomic E-state index is -3.73. The Bertz CT molecular complexity index is 1200. The first kappa shape index (κ1) is 20.1. The molecule has 2 heterocycles. The molecule has 4 rings (SSSR count). The molecule has 0 saturated carbocycles. The number of para-hydroxylation sites is 1. The summed E-state index contributed by atoms with van der Waals surface area (Å²) in [6.07, 6.45) is 0.813. The number of methoxy groups -OCH3 is 1. The highest BCUT2D eigenvalue weighted by Gasteiger charge is 2.27. The third kappa shape index (κ3) is 3.57. The number of hydrogen-bond donors (Lipinski definition) is 2. The number of sulfonamides is 1. The van der Waals surface area contributed by atoms with Crippen molar-refractivity contribution in [2.45, 2.75) is 18.2 Å². The summed E-state index contributed by atoms with van der Waals surface area (Å²) in [5.74, 6) is 0.0629. The highest BCUT2D eigenvalue weighted by molar-refractivity contribution is 7.89. The van der Waals surface area contributed by atoms with Crippen LogP contribution in [0.2, 0.25) is 0 Å². The summed E-state index contributed by atoms with van der Waals surface area (Å²) in [7, 11) is -2.31. The van der Waals surface area contributed by atoms with E-state index in [1.54, 1.807) is 30.0 Å². The molecule has 0 saturated heterocycles.